The van der Waals surface area contributed by atoms with E-state index in [1.54, 1.807) is 12.1 Å². The van der Waals surface area contributed by atoms with Crippen molar-refractivity contribution >= 4 is 28.6 Å². The summed E-state index contributed by atoms with van der Waals surface area (Å²) in [6, 6.07) is 14.6. The van der Waals surface area contributed by atoms with E-state index >= 15 is 0 Å². The van der Waals surface area contributed by atoms with Crippen molar-refractivity contribution in [2.75, 3.05) is 11.9 Å². The van der Waals surface area contributed by atoms with Crippen LogP contribution in [0.4, 0.5) is 10.5 Å². The van der Waals surface area contributed by atoms with Gasteiger partial charge >= 0.3 is 12.0 Å². The van der Waals surface area contributed by atoms with Crippen LogP contribution < -0.4 is 15.5 Å². The van der Waals surface area contributed by atoms with Crippen molar-refractivity contribution in [3.8, 4) is 23.1 Å². The number of amides is 2. The monoisotopic (exact) mass is 434 g/mol. The van der Waals surface area contributed by atoms with E-state index in [0.717, 1.165) is 27.9 Å². The number of carbonyl (C=O) groups excluding carboxylic acids is 2. The van der Waals surface area contributed by atoms with Gasteiger partial charge in [-0.15, -0.1) is 0 Å². The average molecular weight is 434 g/mol. The molecule has 0 aliphatic carbocycles. The van der Waals surface area contributed by atoms with Gasteiger partial charge in [-0.3, -0.25) is 0 Å². The second-order valence-corrected chi connectivity index (χ2v) is 7.05. The Kier molecular flexibility index (Phi) is 7.34. The lowest BCUT2D eigenvalue weighted by Crippen LogP contribution is -2.31. The van der Waals surface area contributed by atoms with Gasteiger partial charge in [0.05, 0.1) is 23.4 Å². The highest BCUT2D eigenvalue weighted by Crippen LogP contribution is 2.35. The molecular weight excluding hydrogens is 408 g/mol. The number of nitriles is 1. The summed E-state index contributed by atoms with van der Waals surface area (Å²) >= 11 is 0. The zero-order chi connectivity index (χ0) is 23.1. The van der Waals surface area contributed by atoms with Gasteiger partial charge in [-0.1, -0.05) is 19.1 Å². The van der Waals surface area contributed by atoms with Gasteiger partial charge in [-0.2, -0.15) is 10.7 Å². The normalized spacial score (nSPS) is 10.4. The van der Waals surface area contributed by atoms with Crippen LogP contribution in [-0.4, -0.2) is 23.2 Å². The van der Waals surface area contributed by atoms with E-state index < -0.39 is 12.0 Å². The van der Waals surface area contributed by atoms with Crippen LogP contribution in [0.2, 0.25) is 0 Å². The lowest BCUT2D eigenvalue weighted by molar-refractivity contribution is -0.148. The SMILES string of the molecule is CCCC(=O)ONC(=O)Nc1ccc(-c2c(C#N)c3ccc(OCC)cc3n2CC)cc1. The van der Waals surface area contributed by atoms with E-state index in [1.807, 2.05) is 51.1 Å². The minimum atomic E-state index is -0.647. The number of aromatic nitrogens is 1. The summed E-state index contributed by atoms with van der Waals surface area (Å²) in [4.78, 5) is 28.0. The zero-order valence-corrected chi connectivity index (χ0v) is 18.4. The van der Waals surface area contributed by atoms with Gasteiger partial charge in [0.2, 0.25) is 0 Å². The second kappa shape index (κ2) is 10.4. The number of benzene rings is 2. The molecule has 1 aromatic heterocycles. The van der Waals surface area contributed by atoms with Gasteiger partial charge in [0.25, 0.3) is 0 Å². The maximum atomic E-state index is 11.9. The third-order valence-electron chi connectivity index (χ3n) is 4.90. The number of rotatable bonds is 7. The molecule has 2 N–H and O–H groups in total. The van der Waals surface area contributed by atoms with E-state index in [-0.39, 0.29) is 6.42 Å². The van der Waals surface area contributed by atoms with E-state index in [4.69, 9.17) is 4.74 Å². The average Bonchev–Trinajstić information content (AvgIpc) is 3.11. The van der Waals surface area contributed by atoms with Crippen molar-refractivity contribution in [3.05, 3.63) is 48.0 Å². The zero-order valence-electron chi connectivity index (χ0n) is 18.4. The van der Waals surface area contributed by atoms with Gasteiger partial charge in [-0.25, -0.2) is 9.59 Å². The summed E-state index contributed by atoms with van der Waals surface area (Å²) in [6.07, 6.45) is 0.864. The summed E-state index contributed by atoms with van der Waals surface area (Å²) in [7, 11) is 0. The Balaban J connectivity index is 1.86. The Hall–Kier alpha value is -3.99. The molecule has 0 saturated heterocycles. The molecule has 8 nitrogen and oxygen atoms in total. The minimum absolute atomic E-state index is 0.230. The van der Waals surface area contributed by atoms with Crippen LogP contribution in [0.1, 0.15) is 39.2 Å². The molecule has 0 spiro atoms. The van der Waals surface area contributed by atoms with Crippen molar-refractivity contribution in [2.45, 2.75) is 40.2 Å². The molecule has 0 atom stereocenters. The Morgan fingerprint density at radius 2 is 1.84 bits per heavy atom. The molecule has 0 saturated carbocycles. The second-order valence-electron chi connectivity index (χ2n) is 7.05. The smallest absolute Gasteiger partial charge is 0.352 e. The maximum Gasteiger partial charge on any atom is 0.352 e. The molecule has 8 heteroatoms. The summed E-state index contributed by atoms with van der Waals surface area (Å²) in [5, 5.41) is 13.3. The number of hydroxylamine groups is 1. The van der Waals surface area contributed by atoms with E-state index in [9.17, 15) is 14.9 Å². The molecule has 0 fully saturated rings. The van der Waals surface area contributed by atoms with Crippen LogP contribution in [0.25, 0.3) is 22.2 Å². The van der Waals surface area contributed by atoms with E-state index in [2.05, 4.69) is 26.3 Å². The molecule has 166 valence electrons. The van der Waals surface area contributed by atoms with Crippen LogP contribution in [-0.2, 0) is 16.2 Å². The van der Waals surface area contributed by atoms with Gasteiger partial charge in [0, 0.05) is 30.1 Å². The predicted octanol–water partition coefficient (Wildman–Crippen LogP) is 4.98. The van der Waals surface area contributed by atoms with Crippen molar-refractivity contribution in [3.63, 3.8) is 0 Å². The number of hydrogen-bond acceptors (Lipinski definition) is 5. The number of urea groups is 1. The minimum Gasteiger partial charge on any atom is -0.494 e. The third kappa shape index (κ3) is 4.83. The number of nitrogens with zero attached hydrogens (tertiary/aromatic N) is 2. The molecule has 1 heterocycles. The highest BCUT2D eigenvalue weighted by Gasteiger charge is 2.18. The van der Waals surface area contributed by atoms with Crippen molar-refractivity contribution in [1.29, 1.82) is 5.26 Å². The molecular formula is C24H26N4O4. The first-order valence-corrected chi connectivity index (χ1v) is 10.6. The molecule has 0 radical (unpaired) electrons. The van der Waals surface area contributed by atoms with Crippen molar-refractivity contribution in [2.24, 2.45) is 0 Å². The van der Waals surface area contributed by atoms with Crippen molar-refractivity contribution in [1.82, 2.24) is 10.0 Å². The number of ether oxygens (including phenoxy) is 1. The first-order valence-electron chi connectivity index (χ1n) is 10.6. The number of fused-ring (bicyclic) bond motifs is 1. The van der Waals surface area contributed by atoms with Gasteiger partial charge in [0.15, 0.2) is 0 Å². The molecule has 0 aliphatic rings. The summed E-state index contributed by atoms with van der Waals surface area (Å²) < 4.78 is 7.71. The third-order valence-corrected chi connectivity index (χ3v) is 4.90. The van der Waals surface area contributed by atoms with Gasteiger partial charge in [0.1, 0.15) is 11.8 Å². The maximum absolute atomic E-state index is 11.9. The summed E-state index contributed by atoms with van der Waals surface area (Å²) in [6.45, 7) is 7.04. The largest absolute Gasteiger partial charge is 0.494 e. The molecule has 2 aromatic carbocycles. The van der Waals surface area contributed by atoms with Crippen LogP contribution in [0, 0.1) is 11.3 Å². The molecule has 2 amide bonds. The Morgan fingerprint density at radius 1 is 1.09 bits per heavy atom. The molecule has 3 aromatic rings. The molecule has 0 unspecified atom stereocenters. The fourth-order valence-electron chi connectivity index (χ4n) is 3.55. The molecule has 0 aliphatic heterocycles. The fraction of sp³-hybridized carbons (Fsp3) is 0.292. The first kappa shape index (κ1) is 22.7. The topological polar surface area (TPSA) is 105 Å². The fourth-order valence-corrected chi connectivity index (χ4v) is 3.55. The number of aryl methyl sites for hydroxylation is 1. The highest BCUT2D eigenvalue weighted by atomic mass is 16.7. The van der Waals surface area contributed by atoms with Gasteiger partial charge < -0.3 is 19.5 Å². The standard InChI is InChI=1S/C24H26N4O4/c1-4-7-22(29)32-27-24(30)26-17-10-8-16(9-11-17)23-20(15-25)19-13-12-18(31-6-3)14-21(19)28(23)5-2/h8-14H,4-7H2,1-3H3,(H2,26,27,30). The van der Waals surface area contributed by atoms with Crippen LogP contribution in [0.3, 0.4) is 0 Å². The summed E-state index contributed by atoms with van der Waals surface area (Å²) in [5.74, 6) is 0.260. The molecule has 3 rings (SSSR count). The van der Waals surface area contributed by atoms with Crippen LogP contribution in [0.15, 0.2) is 42.5 Å². The van der Waals surface area contributed by atoms with Crippen molar-refractivity contribution < 1.29 is 19.2 Å². The molecule has 32 heavy (non-hydrogen) atoms. The Morgan fingerprint density at radius 3 is 2.47 bits per heavy atom. The lowest BCUT2D eigenvalue weighted by atomic mass is 10.1. The quantitative estimate of drug-likeness (QED) is 0.510. The Bertz CT molecular complexity index is 1160. The number of nitrogens with one attached hydrogen (secondary N) is 2. The van der Waals surface area contributed by atoms with Gasteiger partial charge in [-0.05, 0) is 50.1 Å². The highest BCUT2D eigenvalue weighted by molar-refractivity contribution is 5.96. The molecule has 0 bridgehead atoms. The van der Waals surface area contributed by atoms with E-state index in [0.29, 0.717) is 30.8 Å². The van der Waals surface area contributed by atoms with Crippen LogP contribution in [0.5, 0.6) is 5.75 Å². The number of carbonyl (C=O) groups is 2. The number of hydrogen-bond donors (Lipinski definition) is 2. The number of anilines is 1. The first-order chi connectivity index (χ1) is 15.5. The predicted molar refractivity (Wildman–Crippen MR) is 122 cm³/mol. The van der Waals surface area contributed by atoms with E-state index in [1.165, 1.54) is 0 Å². The summed E-state index contributed by atoms with van der Waals surface area (Å²) in [5.41, 5.74) is 5.77. The Labute approximate surface area is 186 Å². The lowest BCUT2D eigenvalue weighted by Gasteiger charge is -2.11. The van der Waals surface area contributed by atoms with Crippen LogP contribution >= 0.6 is 0 Å².